The monoisotopic (exact) mass is 392 g/mol. The maximum absolute atomic E-state index is 12.5. The van der Waals surface area contributed by atoms with Crippen LogP contribution in [-0.4, -0.2) is 48.6 Å². The van der Waals surface area contributed by atoms with Crippen LogP contribution in [0.3, 0.4) is 0 Å². The van der Waals surface area contributed by atoms with Crippen molar-refractivity contribution in [3.05, 3.63) is 0 Å². The van der Waals surface area contributed by atoms with Gasteiger partial charge in [0.15, 0.2) is 6.29 Å². The summed E-state index contributed by atoms with van der Waals surface area (Å²) in [6, 6.07) is 0. The number of carbonyl (C=O) groups is 2. The molecule has 28 heavy (non-hydrogen) atoms. The van der Waals surface area contributed by atoms with E-state index >= 15 is 0 Å². The van der Waals surface area contributed by atoms with Crippen LogP contribution in [-0.2, 0) is 23.8 Å². The van der Waals surface area contributed by atoms with Crippen LogP contribution in [0.15, 0.2) is 0 Å². The molecule has 5 rings (SSSR count). The summed E-state index contributed by atoms with van der Waals surface area (Å²) in [5.74, 6) is 0.377. The summed E-state index contributed by atoms with van der Waals surface area (Å²) in [5.41, 5.74) is -2.07. The fraction of sp³-hybridized carbons (Fsp3) is 0.909. The highest BCUT2D eigenvalue weighted by molar-refractivity contribution is 5.81. The third kappa shape index (κ3) is 1.95. The first-order chi connectivity index (χ1) is 13.3. The Hall–Kier alpha value is -0.980. The maximum Gasteiger partial charge on any atom is 0.309 e. The first kappa shape index (κ1) is 19.0. The normalized spacial score (nSPS) is 54.6. The Bertz CT molecular complexity index is 722. The molecule has 6 nitrogen and oxygen atoms in total. The fourth-order valence-corrected chi connectivity index (χ4v) is 8.57. The average Bonchev–Trinajstić information content (AvgIpc) is 3.13. The zero-order valence-electron chi connectivity index (χ0n) is 17.2. The van der Waals surface area contributed by atoms with Gasteiger partial charge in [-0.3, -0.25) is 9.59 Å². The van der Waals surface area contributed by atoms with Gasteiger partial charge in [0.25, 0.3) is 0 Å². The fourth-order valence-electron chi connectivity index (χ4n) is 8.57. The quantitative estimate of drug-likeness (QED) is 0.728. The summed E-state index contributed by atoms with van der Waals surface area (Å²) in [5, 5.41) is 11.7. The van der Waals surface area contributed by atoms with Gasteiger partial charge in [-0.15, -0.1) is 0 Å². The standard InChI is InChI=1S/C22H32O6/c1-19-8-7-16-21-9-6-13(23)12-20(21,25)10-11-22(16,28-18(21)27-3)15(19)5-4-14(19)17(24)26-2/h14-16,18,25H,4-12H2,1-3H3/t14-,15-,16-,18-,19+,20+,21-,22-/m0/s1. The van der Waals surface area contributed by atoms with Crippen molar-refractivity contribution in [1.82, 2.24) is 0 Å². The number of carbonyl (C=O) groups excluding carboxylic acids is 2. The van der Waals surface area contributed by atoms with Gasteiger partial charge in [-0.05, 0) is 56.3 Å². The molecule has 0 aromatic carbocycles. The number of methoxy groups -OCH3 is 2. The van der Waals surface area contributed by atoms with Crippen LogP contribution in [0.2, 0.25) is 0 Å². The van der Waals surface area contributed by atoms with E-state index < -0.39 is 17.3 Å². The highest BCUT2D eigenvalue weighted by atomic mass is 16.7. The predicted molar refractivity (Wildman–Crippen MR) is 99.1 cm³/mol. The zero-order chi connectivity index (χ0) is 19.9. The lowest BCUT2D eigenvalue weighted by atomic mass is 9.42. The Morgan fingerprint density at radius 1 is 1.11 bits per heavy atom. The van der Waals surface area contributed by atoms with Crippen LogP contribution in [0.1, 0.15) is 64.7 Å². The van der Waals surface area contributed by atoms with Gasteiger partial charge in [-0.25, -0.2) is 0 Å². The Labute approximate surface area is 166 Å². The number of rotatable bonds is 2. The molecule has 0 aromatic rings. The van der Waals surface area contributed by atoms with E-state index in [0.29, 0.717) is 19.3 Å². The number of ether oxygens (including phenoxy) is 3. The average molecular weight is 392 g/mol. The van der Waals surface area contributed by atoms with Crippen molar-refractivity contribution in [2.24, 2.45) is 28.6 Å². The van der Waals surface area contributed by atoms with Gasteiger partial charge in [-0.2, -0.15) is 0 Å². The Balaban J connectivity index is 1.60. The third-order valence-corrected chi connectivity index (χ3v) is 9.66. The van der Waals surface area contributed by atoms with Crippen LogP contribution in [0.4, 0.5) is 0 Å². The second-order valence-corrected chi connectivity index (χ2v) is 10.2. The van der Waals surface area contributed by atoms with Crippen LogP contribution in [0.25, 0.3) is 0 Å². The summed E-state index contributed by atoms with van der Waals surface area (Å²) in [7, 11) is 3.13. The molecule has 1 heterocycles. The molecule has 5 fully saturated rings. The van der Waals surface area contributed by atoms with Gasteiger partial charge in [-0.1, -0.05) is 6.92 Å². The predicted octanol–water partition coefficient (Wildman–Crippen LogP) is 2.61. The molecule has 6 heteroatoms. The molecule has 1 spiro atoms. The van der Waals surface area contributed by atoms with Crippen molar-refractivity contribution < 1.29 is 28.9 Å². The van der Waals surface area contributed by atoms with Crippen molar-refractivity contribution in [1.29, 1.82) is 0 Å². The second-order valence-electron chi connectivity index (χ2n) is 10.2. The second kappa shape index (κ2) is 5.79. The molecule has 0 unspecified atom stereocenters. The molecule has 0 radical (unpaired) electrons. The lowest BCUT2D eigenvalue weighted by molar-refractivity contribution is -0.225. The SMILES string of the molecule is COC(=O)[C@@H]1CC[C@H]2[C@]1(C)CC[C@@H]1[C@]23CC[C@@]2(O)CC(=O)CC[C@@]12[C@@H](OC)O3. The number of esters is 1. The highest BCUT2D eigenvalue weighted by Crippen LogP contribution is 2.75. The maximum atomic E-state index is 12.5. The summed E-state index contributed by atoms with van der Waals surface area (Å²) in [4.78, 5) is 24.7. The molecule has 4 aliphatic carbocycles. The lowest BCUT2D eigenvalue weighted by Crippen LogP contribution is -2.67. The highest BCUT2D eigenvalue weighted by Gasteiger charge is 2.79. The van der Waals surface area contributed by atoms with Crippen molar-refractivity contribution in [2.75, 3.05) is 14.2 Å². The van der Waals surface area contributed by atoms with E-state index in [-0.39, 0.29) is 46.9 Å². The van der Waals surface area contributed by atoms with Crippen LogP contribution < -0.4 is 0 Å². The number of ketones is 1. The van der Waals surface area contributed by atoms with Crippen LogP contribution in [0, 0.1) is 28.6 Å². The van der Waals surface area contributed by atoms with E-state index in [4.69, 9.17) is 14.2 Å². The van der Waals surface area contributed by atoms with Crippen molar-refractivity contribution in [3.63, 3.8) is 0 Å². The largest absolute Gasteiger partial charge is 0.469 e. The Kier molecular flexibility index (Phi) is 3.93. The van der Waals surface area contributed by atoms with Gasteiger partial charge in [0.2, 0.25) is 0 Å². The minimum Gasteiger partial charge on any atom is -0.469 e. The lowest BCUT2D eigenvalue weighted by Gasteiger charge is -2.62. The van der Waals surface area contributed by atoms with Gasteiger partial charge >= 0.3 is 5.97 Å². The number of Topliss-reactive ketones (excluding diaryl/α,β-unsaturated/α-hetero) is 1. The summed E-state index contributed by atoms with van der Waals surface area (Å²) in [6.45, 7) is 2.23. The first-order valence-corrected chi connectivity index (χ1v) is 10.8. The van der Waals surface area contributed by atoms with Gasteiger partial charge < -0.3 is 19.3 Å². The number of aliphatic hydroxyl groups is 1. The number of fused-ring (bicyclic) bond motifs is 1. The Morgan fingerprint density at radius 2 is 1.89 bits per heavy atom. The van der Waals surface area contributed by atoms with Crippen LogP contribution in [0.5, 0.6) is 0 Å². The summed E-state index contributed by atoms with van der Waals surface area (Å²) < 4.78 is 17.8. The van der Waals surface area contributed by atoms with Crippen molar-refractivity contribution in [2.45, 2.75) is 82.2 Å². The third-order valence-electron chi connectivity index (χ3n) is 9.66. The number of hydrogen-bond donors (Lipinski definition) is 1. The van der Waals surface area contributed by atoms with Gasteiger partial charge in [0.1, 0.15) is 5.78 Å². The van der Waals surface area contributed by atoms with E-state index in [1.807, 2.05) is 0 Å². The van der Waals surface area contributed by atoms with E-state index in [1.54, 1.807) is 7.11 Å². The Morgan fingerprint density at radius 3 is 2.61 bits per heavy atom. The van der Waals surface area contributed by atoms with E-state index in [0.717, 1.165) is 32.1 Å². The van der Waals surface area contributed by atoms with E-state index in [9.17, 15) is 14.7 Å². The molecule has 1 saturated heterocycles. The summed E-state index contributed by atoms with van der Waals surface area (Å²) >= 11 is 0. The molecule has 5 aliphatic rings. The van der Waals surface area contributed by atoms with Gasteiger partial charge in [0, 0.05) is 25.9 Å². The summed E-state index contributed by atoms with van der Waals surface area (Å²) in [6.07, 6.45) is 5.76. The van der Waals surface area contributed by atoms with E-state index in [1.165, 1.54) is 7.11 Å². The topological polar surface area (TPSA) is 82.1 Å². The molecule has 8 atom stereocenters. The van der Waals surface area contributed by atoms with Gasteiger partial charge in [0.05, 0.1) is 29.6 Å². The minimum absolute atomic E-state index is 0.0901. The molecule has 0 aromatic heterocycles. The molecule has 2 bridgehead atoms. The van der Waals surface area contributed by atoms with E-state index in [2.05, 4.69) is 6.92 Å². The molecular weight excluding hydrogens is 360 g/mol. The molecule has 1 aliphatic heterocycles. The van der Waals surface area contributed by atoms with Crippen LogP contribution >= 0.6 is 0 Å². The van der Waals surface area contributed by atoms with Crippen molar-refractivity contribution >= 4 is 11.8 Å². The molecule has 1 N–H and O–H groups in total. The zero-order valence-corrected chi connectivity index (χ0v) is 17.2. The smallest absolute Gasteiger partial charge is 0.309 e. The molecule has 0 amide bonds. The first-order valence-electron chi connectivity index (χ1n) is 10.8. The molecule has 156 valence electrons. The molecule has 4 saturated carbocycles. The molecular formula is C22H32O6. The minimum atomic E-state index is -1.04. The number of hydrogen-bond acceptors (Lipinski definition) is 6. The van der Waals surface area contributed by atoms with Crippen molar-refractivity contribution in [3.8, 4) is 0 Å².